The summed E-state index contributed by atoms with van der Waals surface area (Å²) in [5.41, 5.74) is 0.983. The second-order valence-corrected chi connectivity index (χ2v) is 7.29. The van der Waals surface area contributed by atoms with Crippen molar-refractivity contribution in [1.82, 2.24) is 5.32 Å². The summed E-state index contributed by atoms with van der Waals surface area (Å²) >= 11 is 2.61. The SMILES string of the molecule is O=C(CSc1ccc(F)cc1F)N[C@@H](c1ccccc1)c1cccs1. The zero-order valence-corrected chi connectivity index (χ0v) is 14.7. The summed E-state index contributed by atoms with van der Waals surface area (Å²) in [5, 5.41) is 4.95. The molecule has 6 heteroatoms. The van der Waals surface area contributed by atoms with Crippen LogP contribution in [0.1, 0.15) is 16.5 Å². The second kappa shape index (κ2) is 8.27. The topological polar surface area (TPSA) is 29.1 Å². The number of benzene rings is 2. The van der Waals surface area contributed by atoms with Gasteiger partial charge in [0.2, 0.25) is 5.91 Å². The van der Waals surface area contributed by atoms with E-state index in [4.69, 9.17) is 0 Å². The van der Waals surface area contributed by atoms with Gasteiger partial charge in [-0.3, -0.25) is 4.79 Å². The van der Waals surface area contributed by atoms with Crippen molar-refractivity contribution in [3.05, 3.63) is 88.1 Å². The molecule has 25 heavy (non-hydrogen) atoms. The first-order valence-electron chi connectivity index (χ1n) is 7.59. The molecule has 0 aliphatic heterocycles. The van der Waals surface area contributed by atoms with E-state index in [1.54, 1.807) is 11.3 Å². The average Bonchev–Trinajstić information content (AvgIpc) is 3.14. The van der Waals surface area contributed by atoms with E-state index in [1.807, 2.05) is 47.8 Å². The lowest BCUT2D eigenvalue weighted by Crippen LogP contribution is -2.30. The quantitative estimate of drug-likeness (QED) is 0.613. The van der Waals surface area contributed by atoms with E-state index in [2.05, 4.69) is 5.32 Å². The van der Waals surface area contributed by atoms with E-state index < -0.39 is 11.6 Å². The molecular weight excluding hydrogens is 360 g/mol. The summed E-state index contributed by atoms with van der Waals surface area (Å²) in [6, 6.07) is 16.7. The molecule has 0 spiro atoms. The summed E-state index contributed by atoms with van der Waals surface area (Å²) in [7, 11) is 0. The Bertz CT molecular complexity index is 838. The van der Waals surface area contributed by atoms with E-state index in [1.165, 1.54) is 12.1 Å². The molecule has 0 bridgehead atoms. The van der Waals surface area contributed by atoms with Crippen LogP contribution in [-0.2, 0) is 4.79 Å². The molecule has 1 atom stereocenters. The summed E-state index contributed by atoms with van der Waals surface area (Å²) in [6.07, 6.45) is 0. The smallest absolute Gasteiger partial charge is 0.231 e. The number of carbonyl (C=O) groups excluding carboxylic acids is 1. The maximum Gasteiger partial charge on any atom is 0.231 e. The summed E-state index contributed by atoms with van der Waals surface area (Å²) in [5.74, 6) is -1.45. The normalized spacial score (nSPS) is 11.9. The highest BCUT2D eigenvalue weighted by atomic mass is 32.2. The highest BCUT2D eigenvalue weighted by Gasteiger charge is 2.18. The molecule has 128 valence electrons. The Morgan fingerprint density at radius 1 is 1.08 bits per heavy atom. The molecule has 0 aliphatic carbocycles. The number of halogens is 2. The van der Waals surface area contributed by atoms with Crippen molar-refractivity contribution in [1.29, 1.82) is 0 Å². The molecule has 0 radical (unpaired) electrons. The Balaban J connectivity index is 1.68. The van der Waals surface area contributed by atoms with Crippen LogP contribution >= 0.6 is 23.1 Å². The van der Waals surface area contributed by atoms with Crippen molar-refractivity contribution >= 4 is 29.0 Å². The molecule has 1 amide bonds. The lowest BCUT2D eigenvalue weighted by molar-refractivity contribution is -0.119. The molecule has 1 aromatic heterocycles. The first-order valence-corrected chi connectivity index (χ1v) is 9.45. The van der Waals surface area contributed by atoms with Gasteiger partial charge in [-0.25, -0.2) is 8.78 Å². The highest BCUT2D eigenvalue weighted by Crippen LogP contribution is 2.27. The Morgan fingerprint density at radius 2 is 1.88 bits per heavy atom. The first kappa shape index (κ1) is 17.6. The highest BCUT2D eigenvalue weighted by molar-refractivity contribution is 8.00. The van der Waals surface area contributed by atoms with E-state index in [0.717, 1.165) is 28.3 Å². The van der Waals surface area contributed by atoms with Gasteiger partial charge >= 0.3 is 0 Å². The van der Waals surface area contributed by atoms with E-state index in [-0.39, 0.29) is 22.6 Å². The molecule has 2 nitrogen and oxygen atoms in total. The largest absolute Gasteiger partial charge is 0.344 e. The maximum absolute atomic E-state index is 13.7. The third kappa shape index (κ3) is 4.67. The van der Waals surface area contributed by atoms with Gasteiger partial charge in [0.1, 0.15) is 11.6 Å². The standard InChI is InChI=1S/C19H15F2NOS2/c20-14-8-9-16(15(21)11-14)25-12-18(23)22-19(17-7-4-10-24-17)13-5-2-1-3-6-13/h1-11,19H,12H2,(H,22,23)/t19-/m0/s1. The molecule has 1 N–H and O–H groups in total. The molecular formula is C19H15F2NOS2. The summed E-state index contributed by atoms with van der Waals surface area (Å²) in [4.78, 5) is 13.6. The average molecular weight is 375 g/mol. The van der Waals surface area contributed by atoms with Gasteiger partial charge in [-0.2, -0.15) is 0 Å². The van der Waals surface area contributed by atoms with Crippen LogP contribution < -0.4 is 5.32 Å². The molecule has 2 aromatic carbocycles. The van der Waals surface area contributed by atoms with Crippen LogP contribution in [-0.4, -0.2) is 11.7 Å². The number of hydrogen-bond acceptors (Lipinski definition) is 3. The van der Waals surface area contributed by atoms with Crippen molar-refractivity contribution < 1.29 is 13.6 Å². The maximum atomic E-state index is 13.7. The fourth-order valence-electron chi connectivity index (χ4n) is 2.36. The zero-order valence-electron chi connectivity index (χ0n) is 13.1. The van der Waals surface area contributed by atoms with Gasteiger partial charge in [-0.15, -0.1) is 23.1 Å². The van der Waals surface area contributed by atoms with Gasteiger partial charge in [0, 0.05) is 15.8 Å². The van der Waals surface area contributed by atoms with Gasteiger partial charge in [0.15, 0.2) is 0 Å². The summed E-state index contributed by atoms with van der Waals surface area (Å²) < 4.78 is 26.6. The number of carbonyl (C=O) groups is 1. The first-order chi connectivity index (χ1) is 12.1. The van der Waals surface area contributed by atoms with Crippen LogP contribution in [0.25, 0.3) is 0 Å². The van der Waals surface area contributed by atoms with Gasteiger partial charge < -0.3 is 5.32 Å². The molecule has 1 heterocycles. The Morgan fingerprint density at radius 3 is 2.56 bits per heavy atom. The van der Waals surface area contributed by atoms with Crippen LogP contribution in [0.15, 0.2) is 70.9 Å². The number of amides is 1. The van der Waals surface area contributed by atoms with E-state index in [0.29, 0.717) is 0 Å². The van der Waals surface area contributed by atoms with Gasteiger partial charge in [0.25, 0.3) is 0 Å². The van der Waals surface area contributed by atoms with Crippen molar-refractivity contribution in [2.24, 2.45) is 0 Å². The van der Waals surface area contributed by atoms with Crippen LogP contribution in [0.5, 0.6) is 0 Å². The van der Waals surface area contributed by atoms with Crippen molar-refractivity contribution in [2.45, 2.75) is 10.9 Å². The molecule has 0 saturated carbocycles. The van der Waals surface area contributed by atoms with Crippen LogP contribution in [0.4, 0.5) is 8.78 Å². The number of thioether (sulfide) groups is 1. The summed E-state index contributed by atoms with van der Waals surface area (Å²) in [6.45, 7) is 0. The molecule has 3 rings (SSSR count). The van der Waals surface area contributed by atoms with Crippen molar-refractivity contribution in [3.63, 3.8) is 0 Å². The lowest BCUT2D eigenvalue weighted by atomic mass is 10.1. The second-order valence-electron chi connectivity index (χ2n) is 5.29. The molecule has 0 fully saturated rings. The number of hydrogen-bond donors (Lipinski definition) is 1. The molecule has 0 saturated heterocycles. The minimum Gasteiger partial charge on any atom is -0.344 e. The van der Waals surface area contributed by atoms with Crippen LogP contribution in [0.2, 0.25) is 0 Å². The van der Waals surface area contributed by atoms with Crippen LogP contribution in [0, 0.1) is 11.6 Å². The Labute approximate surface area is 152 Å². The Hall–Kier alpha value is -2.18. The predicted octanol–water partition coefficient (Wildman–Crippen LogP) is 5.02. The third-order valence-electron chi connectivity index (χ3n) is 3.52. The number of thiophene rings is 1. The monoisotopic (exact) mass is 375 g/mol. The molecule has 0 unspecified atom stereocenters. The molecule has 0 aliphatic rings. The van der Waals surface area contributed by atoms with Gasteiger partial charge in [-0.1, -0.05) is 36.4 Å². The van der Waals surface area contributed by atoms with Crippen molar-refractivity contribution in [2.75, 3.05) is 5.75 Å². The fraction of sp³-hybridized carbons (Fsp3) is 0.105. The number of rotatable bonds is 6. The Kier molecular flexibility index (Phi) is 5.83. The van der Waals surface area contributed by atoms with Gasteiger partial charge in [0.05, 0.1) is 11.8 Å². The third-order valence-corrected chi connectivity index (χ3v) is 5.50. The minimum absolute atomic E-state index is 0.0528. The fourth-order valence-corrected chi connectivity index (χ4v) is 3.89. The van der Waals surface area contributed by atoms with Gasteiger partial charge in [-0.05, 0) is 29.1 Å². The lowest BCUT2D eigenvalue weighted by Gasteiger charge is -2.18. The number of nitrogens with one attached hydrogen (secondary N) is 1. The molecule has 3 aromatic rings. The van der Waals surface area contributed by atoms with E-state index in [9.17, 15) is 13.6 Å². The van der Waals surface area contributed by atoms with Crippen LogP contribution in [0.3, 0.4) is 0 Å². The van der Waals surface area contributed by atoms with E-state index >= 15 is 0 Å². The minimum atomic E-state index is -0.657. The zero-order chi connectivity index (χ0) is 17.6. The predicted molar refractivity (Wildman–Crippen MR) is 97.8 cm³/mol. The van der Waals surface area contributed by atoms with Crippen molar-refractivity contribution in [3.8, 4) is 0 Å².